The monoisotopic (exact) mass is 758 g/mol. The first-order chi connectivity index (χ1) is 26.3. The molecule has 16 nitrogen and oxygen atoms in total. The third-order valence-electron chi connectivity index (χ3n) is 8.73. The molecule has 5 amide bonds. The molecule has 0 saturated heterocycles. The first kappa shape index (κ1) is 41.5. The summed E-state index contributed by atoms with van der Waals surface area (Å²) in [5.74, 6) is -4.43. The molecule has 0 bridgehead atoms. The summed E-state index contributed by atoms with van der Waals surface area (Å²) in [4.78, 5) is 87.1. The van der Waals surface area contributed by atoms with Gasteiger partial charge in [-0.2, -0.15) is 0 Å². The molecular formula is C39H46N6O10. The fraction of sp³-hybridized carbons (Fsp3) is 0.359. The van der Waals surface area contributed by atoms with Gasteiger partial charge >= 0.3 is 18.0 Å². The van der Waals surface area contributed by atoms with Crippen LogP contribution in [0.3, 0.4) is 0 Å². The topological polar surface area (TPSA) is 247 Å². The third kappa shape index (κ3) is 11.9. The first-order valence-corrected chi connectivity index (χ1v) is 17.8. The summed E-state index contributed by atoms with van der Waals surface area (Å²) >= 11 is 0. The van der Waals surface area contributed by atoms with E-state index in [2.05, 4.69) is 21.3 Å². The molecule has 1 aliphatic rings. The minimum Gasteiger partial charge on any atom is -0.465 e. The average Bonchev–Trinajstić information content (AvgIpc) is 3.48. The molecule has 292 valence electrons. The smallest absolute Gasteiger partial charge is 0.407 e. The van der Waals surface area contributed by atoms with Crippen molar-refractivity contribution in [3.63, 3.8) is 0 Å². The summed E-state index contributed by atoms with van der Waals surface area (Å²) in [5.41, 5.74) is 16.1. The van der Waals surface area contributed by atoms with E-state index in [1.807, 2.05) is 48.5 Å². The number of hydrogen-bond acceptors (Lipinski definition) is 11. The second-order valence-electron chi connectivity index (χ2n) is 12.9. The van der Waals surface area contributed by atoms with Crippen molar-refractivity contribution in [3.05, 3.63) is 89.5 Å². The fourth-order valence-electron chi connectivity index (χ4n) is 5.78. The van der Waals surface area contributed by atoms with Crippen LogP contribution < -0.4 is 32.7 Å². The van der Waals surface area contributed by atoms with Crippen molar-refractivity contribution >= 4 is 47.3 Å². The van der Waals surface area contributed by atoms with Gasteiger partial charge in [-0.05, 0) is 67.1 Å². The van der Waals surface area contributed by atoms with Gasteiger partial charge in [0.25, 0.3) is 0 Å². The predicted octanol–water partition coefficient (Wildman–Crippen LogP) is 2.13. The van der Waals surface area contributed by atoms with Crippen molar-refractivity contribution in [2.45, 2.75) is 76.7 Å². The number of benzene rings is 3. The van der Waals surface area contributed by atoms with E-state index in [4.69, 9.17) is 25.7 Å². The lowest BCUT2D eigenvalue weighted by atomic mass is 9.98. The van der Waals surface area contributed by atoms with Crippen LogP contribution in [-0.2, 0) is 49.6 Å². The van der Waals surface area contributed by atoms with Crippen LogP contribution >= 0.6 is 0 Å². The largest absolute Gasteiger partial charge is 0.465 e. The summed E-state index contributed by atoms with van der Waals surface area (Å²) in [5, 5.41) is 9.95. The number of fused-ring (bicyclic) bond motifs is 3. The van der Waals surface area contributed by atoms with E-state index in [1.165, 1.54) is 26.0 Å². The van der Waals surface area contributed by atoms with Gasteiger partial charge in [-0.25, -0.2) is 4.79 Å². The number of hydrogen-bond donors (Lipinski definition) is 6. The van der Waals surface area contributed by atoms with Crippen LogP contribution in [0.4, 0.5) is 10.5 Å². The Bertz CT molecular complexity index is 1840. The number of carbonyl (C=O) groups excluding carboxylic acids is 7. The predicted molar refractivity (Wildman–Crippen MR) is 200 cm³/mol. The Labute approximate surface area is 318 Å². The first-order valence-electron chi connectivity index (χ1n) is 17.8. The van der Waals surface area contributed by atoms with Crippen molar-refractivity contribution in [2.24, 2.45) is 11.5 Å². The molecule has 3 aromatic carbocycles. The maximum atomic E-state index is 13.1. The Morgan fingerprint density at radius 1 is 0.727 bits per heavy atom. The molecule has 1 aliphatic carbocycles. The minimum atomic E-state index is -1.39. The van der Waals surface area contributed by atoms with E-state index in [9.17, 15) is 33.6 Å². The number of rotatable bonds is 18. The van der Waals surface area contributed by atoms with E-state index in [-0.39, 0.29) is 38.6 Å². The van der Waals surface area contributed by atoms with Gasteiger partial charge in [0.15, 0.2) is 0 Å². The van der Waals surface area contributed by atoms with E-state index >= 15 is 0 Å². The average molecular weight is 759 g/mol. The van der Waals surface area contributed by atoms with Gasteiger partial charge in [0.2, 0.25) is 23.6 Å². The maximum absolute atomic E-state index is 13.1. The van der Waals surface area contributed by atoms with Gasteiger partial charge < -0.3 is 46.9 Å². The number of anilines is 1. The summed E-state index contributed by atoms with van der Waals surface area (Å²) in [6.45, 7) is 4.59. The molecule has 3 aromatic rings. The normalized spacial score (nSPS) is 13.7. The van der Waals surface area contributed by atoms with Gasteiger partial charge in [0.05, 0.1) is 13.0 Å². The molecule has 55 heavy (non-hydrogen) atoms. The number of nitrogens with one attached hydrogen (secondary N) is 4. The molecular weight excluding hydrogens is 712 g/mol. The number of amides is 5. The van der Waals surface area contributed by atoms with E-state index in [0.717, 1.165) is 22.3 Å². The Morgan fingerprint density at radius 3 is 1.91 bits per heavy atom. The van der Waals surface area contributed by atoms with Crippen molar-refractivity contribution < 1.29 is 47.8 Å². The van der Waals surface area contributed by atoms with Crippen LogP contribution in [0.25, 0.3) is 11.1 Å². The highest BCUT2D eigenvalue weighted by Crippen LogP contribution is 2.44. The molecule has 0 unspecified atom stereocenters. The molecule has 0 fully saturated rings. The summed E-state index contributed by atoms with van der Waals surface area (Å²) < 4.78 is 15.5. The van der Waals surface area contributed by atoms with Gasteiger partial charge in [-0.3, -0.25) is 28.8 Å². The third-order valence-corrected chi connectivity index (χ3v) is 8.73. The van der Waals surface area contributed by atoms with Gasteiger partial charge in [-0.1, -0.05) is 60.7 Å². The lowest BCUT2D eigenvalue weighted by Gasteiger charge is -2.22. The lowest BCUT2D eigenvalue weighted by molar-refractivity contribution is -0.147. The van der Waals surface area contributed by atoms with Gasteiger partial charge in [0, 0.05) is 18.0 Å². The van der Waals surface area contributed by atoms with Crippen LogP contribution in [0.2, 0.25) is 0 Å². The molecule has 0 aliphatic heterocycles. The highest BCUT2D eigenvalue weighted by molar-refractivity contribution is 6.00. The zero-order chi connectivity index (χ0) is 40.1. The van der Waals surface area contributed by atoms with Crippen LogP contribution in [0, 0.1) is 0 Å². The molecule has 0 aromatic heterocycles. The number of esters is 2. The van der Waals surface area contributed by atoms with E-state index in [0.29, 0.717) is 11.3 Å². The van der Waals surface area contributed by atoms with Crippen molar-refractivity contribution in [2.75, 3.05) is 18.5 Å². The number of ether oxygens (including phenoxy) is 3. The lowest BCUT2D eigenvalue weighted by Crippen LogP contribution is -2.55. The Hall–Kier alpha value is -6.29. The second kappa shape index (κ2) is 19.7. The number of carbonyl (C=O) groups is 7. The number of nitrogens with two attached hydrogens (primary N) is 2. The van der Waals surface area contributed by atoms with Crippen molar-refractivity contribution in [3.8, 4) is 11.1 Å². The Balaban J connectivity index is 1.22. The molecule has 4 atom stereocenters. The highest BCUT2D eigenvalue weighted by atomic mass is 16.6. The second-order valence-corrected chi connectivity index (χ2v) is 12.9. The zero-order valence-corrected chi connectivity index (χ0v) is 30.8. The van der Waals surface area contributed by atoms with Crippen molar-refractivity contribution in [1.82, 2.24) is 16.0 Å². The van der Waals surface area contributed by atoms with Gasteiger partial charge in [-0.15, -0.1) is 0 Å². The highest BCUT2D eigenvalue weighted by Gasteiger charge is 2.30. The molecule has 0 spiro atoms. The SMILES string of the molecule is CCOC(=O)[C@H](N)CCC(=O)OCc1ccc(NC(=O)[C@H](CC(N)=O)NC(=O)[C@H](C)NC(=O)[C@H](C)NC(=O)OCC2c3ccccc3-c3ccccc32)cc1. The van der Waals surface area contributed by atoms with Crippen molar-refractivity contribution in [1.29, 1.82) is 0 Å². The minimum absolute atomic E-state index is 0.0484. The Morgan fingerprint density at radius 2 is 1.31 bits per heavy atom. The number of primary amides is 1. The standard InChI is InChI=1S/C39H46N6O10/c1-4-53-38(51)31(40)17-18-34(47)54-20-24-13-15-25(16-14-24)44-37(50)32(19-33(41)46)45-36(49)22(2)42-35(48)23(3)43-39(52)55-21-30-28-11-7-5-9-26(28)27-10-6-8-12-29(27)30/h5-16,22-23,30-32H,4,17-21,40H2,1-3H3,(H2,41,46)(H,42,48)(H,43,52)(H,44,50)(H,45,49)/t22-,23-,31+,32-/m0/s1. The molecule has 0 heterocycles. The summed E-state index contributed by atoms with van der Waals surface area (Å²) in [7, 11) is 0. The maximum Gasteiger partial charge on any atom is 0.407 e. The van der Waals surface area contributed by atoms with E-state index in [1.54, 1.807) is 19.1 Å². The van der Waals surface area contributed by atoms with Crippen LogP contribution in [0.5, 0.6) is 0 Å². The van der Waals surface area contributed by atoms with Crippen LogP contribution in [0.1, 0.15) is 62.6 Å². The fourth-order valence-corrected chi connectivity index (χ4v) is 5.78. The molecule has 16 heteroatoms. The molecule has 0 saturated carbocycles. The molecule has 4 rings (SSSR count). The van der Waals surface area contributed by atoms with E-state index < -0.39 is 72.2 Å². The number of alkyl carbamates (subject to hydrolysis) is 1. The van der Waals surface area contributed by atoms with Gasteiger partial charge in [0.1, 0.15) is 37.4 Å². The summed E-state index contributed by atoms with van der Waals surface area (Å²) in [6, 6.07) is 17.4. The molecule has 0 radical (unpaired) electrons. The van der Waals surface area contributed by atoms with Crippen LogP contribution in [-0.4, -0.2) is 79.0 Å². The molecule has 8 N–H and O–H groups in total. The Kier molecular flexibility index (Phi) is 14.8. The van der Waals surface area contributed by atoms with Crippen LogP contribution in [0.15, 0.2) is 72.8 Å². The quantitative estimate of drug-likeness (QED) is 0.0810. The zero-order valence-electron chi connectivity index (χ0n) is 30.8. The summed E-state index contributed by atoms with van der Waals surface area (Å²) in [6.07, 6.45) is -1.37.